The van der Waals surface area contributed by atoms with Gasteiger partial charge in [0, 0.05) is 12.1 Å². The third kappa shape index (κ3) is 2.07. The molecule has 0 spiro atoms. The molecule has 1 aromatic rings. The molecular weight excluding hydrogens is 184 g/mol. The first-order chi connectivity index (χ1) is 6.56. The van der Waals surface area contributed by atoms with Crippen molar-refractivity contribution in [2.75, 3.05) is 6.61 Å². The number of nitrogens with zero attached hydrogens (tertiary/aromatic N) is 1. The van der Waals surface area contributed by atoms with Crippen LogP contribution in [0.15, 0.2) is 18.2 Å². The molecule has 14 heavy (non-hydrogen) atoms. The second-order valence-corrected chi connectivity index (χ2v) is 3.09. The number of nitrogens with two attached hydrogens (primary N) is 1. The molecule has 0 amide bonds. The van der Waals surface area contributed by atoms with Crippen LogP contribution in [-0.2, 0) is 0 Å². The van der Waals surface area contributed by atoms with Gasteiger partial charge in [-0.15, -0.1) is 0 Å². The van der Waals surface area contributed by atoms with Gasteiger partial charge in [-0.2, -0.15) is 0 Å². The maximum absolute atomic E-state index is 10.4. The fourth-order valence-electron chi connectivity index (χ4n) is 1.29. The van der Waals surface area contributed by atoms with Crippen LogP contribution in [0.25, 0.3) is 0 Å². The van der Waals surface area contributed by atoms with Crippen molar-refractivity contribution >= 4 is 5.69 Å². The van der Waals surface area contributed by atoms with Gasteiger partial charge in [0.15, 0.2) is 0 Å². The highest BCUT2D eigenvalue weighted by Gasteiger charge is 2.11. The smallest absolute Gasteiger partial charge is 0.269 e. The Morgan fingerprint density at radius 2 is 2.29 bits per heavy atom. The van der Waals surface area contributed by atoms with E-state index in [4.69, 9.17) is 10.8 Å². The highest BCUT2D eigenvalue weighted by Crippen LogP contribution is 2.20. The summed E-state index contributed by atoms with van der Waals surface area (Å²) in [7, 11) is 0. The topological polar surface area (TPSA) is 89.4 Å². The van der Waals surface area contributed by atoms with Crippen molar-refractivity contribution in [3.8, 4) is 0 Å². The van der Waals surface area contributed by atoms with E-state index in [9.17, 15) is 10.1 Å². The first-order valence-electron chi connectivity index (χ1n) is 4.17. The molecule has 0 heterocycles. The van der Waals surface area contributed by atoms with Crippen molar-refractivity contribution in [3.05, 3.63) is 39.4 Å². The number of aliphatic hydroxyl groups excluding tert-OH is 1. The number of aryl methyl sites for hydroxylation is 1. The van der Waals surface area contributed by atoms with E-state index in [1.165, 1.54) is 12.1 Å². The summed E-state index contributed by atoms with van der Waals surface area (Å²) in [4.78, 5) is 9.97. The van der Waals surface area contributed by atoms with E-state index in [0.29, 0.717) is 0 Å². The van der Waals surface area contributed by atoms with E-state index in [1.54, 1.807) is 13.0 Å². The van der Waals surface area contributed by atoms with Gasteiger partial charge in [-0.1, -0.05) is 6.07 Å². The van der Waals surface area contributed by atoms with Crippen molar-refractivity contribution in [1.29, 1.82) is 0 Å². The summed E-state index contributed by atoms with van der Waals surface area (Å²) in [6.07, 6.45) is 0. The first-order valence-corrected chi connectivity index (χ1v) is 4.17. The maximum atomic E-state index is 10.4. The third-order valence-electron chi connectivity index (χ3n) is 2.06. The van der Waals surface area contributed by atoms with Gasteiger partial charge in [0.2, 0.25) is 0 Å². The van der Waals surface area contributed by atoms with Crippen LogP contribution in [-0.4, -0.2) is 16.6 Å². The third-order valence-corrected chi connectivity index (χ3v) is 2.06. The van der Waals surface area contributed by atoms with Crippen molar-refractivity contribution in [2.24, 2.45) is 5.73 Å². The zero-order chi connectivity index (χ0) is 10.7. The molecule has 76 valence electrons. The molecule has 0 saturated carbocycles. The van der Waals surface area contributed by atoms with Crippen molar-refractivity contribution in [1.82, 2.24) is 0 Å². The van der Waals surface area contributed by atoms with E-state index >= 15 is 0 Å². The highest BCUT2D eigenvalue weighted by molar-refractivity contribution is 5.40. The molecule has 0 aliphatic rings. The largest absolute Gasteiger partial charge is 0.394 e. The van der Waals surface area contributed by atoms with Crippen molar-refractivity contribution in [2.45, 2.75) is 13.0 Å². The molecule has 0 unspecified atom stereocenters. The van der Waals surface area contributed by atoms with Gasteiger partial charge in [-0.05, 0) is 18.1 Å². The highest BCUT2D eigenvalue weighted by atomic mass is 16.6. The van der Waals surface area contributed by atoms with Gasteiger partial charge in [-0.3, -0.25) is 10.1 Å². The molecular formula is C9H12N2O3. The van der Waals surface area contributed by atoms with Crippen LogP contribution in [0.5, 0.6) is 0 Å². The van der Waals surface area contributed by atoms with Gasteiger partial charge in [0.1, 0.15) is 0 Å². The van der Waals surface area contributed by atoms with Crippen LogP contribution < -0.4 is 5.73 Å². The summed E-state index contributed by atoms with van der Waals surface area (Å²) in [6, 6.07) is 3.94. The number of hydrogen-bond donors (Lipinski definition) is 2. The summed E-state index contributed by atoms with van der Waals surface area (Å²) in [6.45, 7) is 1.57. The van der Waals surface area contributed by atoms with Crippen molar-refractivity contribution in [3.63, 3.8) is 0 Å². The predicted molar refractivity (Wildman–Crippen MR) is 51.8 cm³/mol. The second kappa shape index (κ2) is 4.17. The van der Waals surface area contributed by atoms with E-state index in [-0.39, 0.29) is 12.3 Å². The number of rotatable bonds is 3. The number of non-ortho nitro benzene ring substituents is 1. The average Bonchev–Trinajstić information content (AvgIpc) is 2.16. The molecule has 0 aliphatic heterocycles. The fourth-order valence-corrected chi connectivity index (χ4v) is 1.29. The summed E-state index contributed by atoms with van der Waals surface area (Å²) >= 11 is 0. The van der Waals surface area contributed by atoms with Crippen LogP contribution in [0.1, 0.15) is 17.2 Å². The molecule has 0 saturated heterocycles. The average molecular weight is 196 g/mol. The minimum Gasteiger partial charge on any atom is -0.394 e. The summed E-state index contributed by atoms with van der Waals surface area (Å²) in [5, 5.41) is 19.3. The Hall–Kier alpha value is -1.46. The zero-order valence-electron chi connectivity index (χ0n) is 7.80. The molecule has 1 aromatic carbocycles. The number of hydrogen-bond acceptors (Lipinski definition) is 4. The molecule has 0 radical (unpaired) electrons. The summed E-state index contributed by atoms with van der Waals surface area (Å²) in [5.41, 5.74) is 7.10. The lowest BCUT2D eigenvalue weighted by Crippen LogP contribution is -2.15. The Morgan fingerprint density at radius 3 is 2.71 bits per heavy atom. The van der Waals surface area contributed by atoms with Gasteiger partial charge in [0.25, 0.3) is 5.69 Å². The molecule has 3 N–H and O–H groups in total. The molecule has 0 aromatic heterocycles. The Morgan fingerprint density at radius 1 is 1.64 bits per heavy atom. The number of nitro benzene ring substituents is 1. The van der Waals surface area contributed by atoms with Gasteiger partial charge in [-0.25, -0.2) is 0 Å². The molecule has 5 heteroatoms. The van der Waals surface area contributed by atoms with Gasteiger partial charge >= 0.3 is 0 Å². The molecule has 1 atom stereocenters. The molecule has 1 rings (SSSR count). The van der Waals surface area contributed by atoms with E-state index < -0.39 is 11.0 Å². The Kier molecular flexibility index (Phi) is 3.16. The summed E-state index contributed by atoms with van der Waals surface area (Å²) in [5.74, 6) is 0. The van der Waals surface area contributed by atoms with E-state index in [1.807, 2.05) is 0 Å². The standard InChI is InChI=1S/C9H12N2O3/c1-6-4-7(11(13)14)2-3-8(6)9(10)5-12/h2-4,9,12H,5,10H2,1H3/t9-/m0/s1. The maximum Gasteiger partial charge on any atom is 0.269 e. The van der Waals surface area contributed by atoms with Crippen LogP contribution in [0.3, 0.4) is 0 Å². The molecule has 0 fully saturated rings. The van der Waals surface area contributed by atoms with Crippen LogP contribution in [0.2, 0.25) is 0 Å². The molecule has 5 nitrogen and oxygen atoms in total. The lowest BCUT2D eigenvalue weighted by atomic mass is 10.0. The lowest BCUT2D eigenvalue weighted by Gasteiger charge is -2.10. The molecule has 0 bridgehead atoms. The Bertz CT molecular complexity index is 352. The first kappa shape index (κ1) is 10.6. The van der Waals surface area contributed by atoms with Crippen LogP contribution >= 0.6 is 0 Å². The number of benzene rings is 1. The predicted octanol–water partition coefficient (Wildman–Crippen LogP) is 0.895. The Balaban J connectivity index is 3.07. The van der Waals surface area contributed by atoms with Crippen LogP contribution in [0.4, 0.5) is 5.69 Å². The van der Waals surface area contributed by atoms with Crippen LogP contribution in [0, 0.1) is 17.0 Å². The fraction of sp³-hybridized carbons (Fsp3) is 0.333. The van der Waals surface area contributed by atoms with Crippen molar-refractivity contribution < 1.29 is 10.0 Å². The second-order valence-electron chi connectivity index (χ2n) is 3.09. The van der Waals surface area contributed by atoms with E-state index in [0.717, 1.165) is 11.1 Å². The Labute approximate surface area is 81.3 Å². The lowest BCUT2D eigenvalue weighted by molar-refractivity contribution is -0.384. The molecule has 0 aliphatic carbocycles. The zero-order valence-corrected chi connectivity index (χ0v) is 7.80. The minimum absolute atomic E-state index is 0.0383. The number of nitro groups is 1. The monoisotopic (exact) mass is 196 g/mol. The normalized spacial score (nSPS) is 12.5. The minimum atomic E-state index is -0.476. The SMILES string of the molecule is Cc1cc([N+](=O)[O-])ccc1[C@@H](N)CO. The van der Waals surface area contributed by atoms with Gasteiger partial charge in [0.05, 0.1) is 17.6 Å². The van der Waals surface area contributed by atoms with Gasteiger partial charge < -0.3 is 10.8 Å². The summed E-state index contributed by atoms with van der Waals surface area (Å²) < 4.78 is 0. The quantitative estimate of drug-likeness (QED) is 0.555. The number of aliphatic hydroxyl groups is 1. The van der Waals surface area contributed by atoms with E-state index in [2.05, 4.69) is 0 Å².